The topological polar surface area (TPSA) is 101 Å². The van der Waals surface area contributed by atoms with Crippen LogP contribution in [0.15, 0.2) is 28.1 Å². The fourth-order valence-corrected chi connectivity index (χ4v) is 2.31. The van der Waals surface area contributed by atoms with Crippen LogP contribution in [0.25, 0.3) is 0 Å². The molecule has 0 saturated carbocycles. The Balaban J connectivity index is 0.00000338. The van der Waals surface area contributed by atoms with E-state index >= 15 is 0 Å². The van der Waals surface area contributed by atoms with E-state index in [4.69, 9.17) is 4.42 Å². The molecule has 0 fully saturated rings. The van der Waals surface area contributed by atoms with Crippen molar-refractivity contribution in [1.29, 1.82) is 0 Å². The Kier molecular flexibility index (Phi) is 9.10. The monoisotopic (exact) mass is 475 g/mol. The van der Waals surface area contributed by atoms with Gasteiger partial charge in [0.05, 0.1) is 12.8 Å². The Labute approximate surface area is 170 Å². The molecule has 0 saturated heterocycles. The molecule has 0 aliphatic carbocycles. The summed E-state index contributed by atoms with van der Waals surface area (Å²) in [6, 6.07) is 1.77. The second kappa shape index (κ2) is 10.8. The second-order valence-electron chi connectivity index (χ2n) is 5.67. The van der Waals surface area contributed by atoms with E-state index in [2.05, 4.69) is 25.7 Å². The quantitative estimate of drug-likeness (QED) is 0.270. The molecule has 0 atom stereocenters. The lowest BCUT2D eigenvalue weighted by atomic mass is 10.2. The van der Waals surface area contributed by atoms with E-state index in [-0.39, 0.29) is 29.9 Å². The van der Waals surface area contributed by atoms with Gasteiger partial charge in [-0.25, -0.2) is 4.98 Å². The van der Waals surface area contributed by atoms with Gasteiger partial charge in [0, 0.05) is 39.8 Å². The number of aliphatic imine (C=N–C) groups is 1. The predicted octanol–water partition coefficient (Wildman–Crippen LogP) is 1.16. The Morgan fingerprint density at radius 2 is 2.12 bits per heavy atom. The van der Waals surface area contributed by atoms with E-state index < -0.39 is 0 Å². The number of amides is 1. The number of aryl methyl sites for hydroxylation is 2. The molecule has 26 heavy (non-hydrogen) atoms. The smallest absolute Gasteiger partial charge is 0.287 e. The Bertz CT molecular complexity index is 726. The molecular weight excluding hydrogens is 449 g/mol. The summed E-state index contributed by atoms with van der Waals surface area (Å²) in [5.41, 5.74) is 0.835. The van der Waals surface area contributed by atoms with Crippen molar-refractivity contribution in [3.8, 4) is 0 Å². The number of carbonyl (C=O) groups excluding carboxylic acids is 1. The zero-order chi connectivity index (χ0) is 18.2. The molecule has 2 N–H and O–H groups in total. The largest absolute Gasteiger partial charge is 0.459 e. The maximum absolute atomic E-state index is 11.9. The van der Waals surface area contributed by atoms with Gasteiger partial charge in [-0.05, 0) is 19.4 Å². The van der Waals surface area contributed by atoms with Crippen LogP contribution >= 0.6 is 24.0 Å². The Morgan fingerprint density at radius 1 is 1.38 bits per heavy atom. The predicted molar refractivity (Wildman–Crippen MR) is 110 cm³/mol. The fraction of sp³-hybridized carbons (Fsp3) is 0.500. The highest BCUT2D eigenvalue weighted by molar-refractivity contribution is 14.0. The van der Waals surface area contributed by atoms with E-state index in [0.717, 1.165) is 23.8 Å². The number of hydrogen-bond donors (Lipinski definition) is 2. The van der Waals surface area contributed by atoms with E-state index in [1.165, 1.54) is 12.6 Å². The molecule has 10 heteroatoms. The number of halogens is 1. The van der Waals surface area contributed by atoms with Crippen molar-refractivity contribution >= 4 is 35.8 Å². The van der Waals surface area contributed by atoms with Crippen LogP contribution in [0.5, 0.6) is 0 Å². The SMILES string of the molecule is CN=C(NCCCNC(=O)c1occc1C)N(C)Cc1ncnn1C.I. The first-order valence-corrected chi connectivity index (χ1v) is 8.10. The van der Waals surface area contributed by atoms with Crippen LogP contribution in [0.2, 0.25) is 0 Å². The summed E-state index contributed by atoms with van der Waals surface area (Å²) in [6.07, 6.45) is 3.81. The van der Waals surface area contributed by atoms with Crippen molar-refractivity contribution in [3.05, 3.63) is 35.8 Å². The molecule has 2 aromatic rings. The van der Waals surface area contributed by atoms with Crippen molar-refractivity contribution in [2.24, 2.45) is 12.0 Å². The van der Waals surface area contributed by atoms with Gasteiger partial charge in [0.1, 0.15) is 12.2 Å². The summed E-state index contributed by atoms with van der Waals surface area (Å²) in [7, 11) is 5.53. The highest BCUT2D eigenvalue weighted by Gasteiger charge is 2.12. The molecular formula is C16H26IN7O2. The zero-order valence-electron chi connectivity index (χ0n) is 15.5. The van der Waals surface area contributed by atoms with Crippen molar-refractivity contribution in [3.63, 3.8) is 0 Å². The van der Waals surface area contributed by atoms with Crippen molar-refractivity contribution in [2.45, 2.75) is 19.9 Å². The van der Waals surface area contributed by atoms with Crippen LogP contribution in [0.3, 0.4) is 0 Å². The molecule has 2 heterocycles. The fourth-order valence-electron chi connectivity index (χ4n) is 2.31. The van der Waals surface area contributed by atoms with E-state index in [0.29, 0.717) is 25.4 Å². The maximum Gasteiger partial charge on any atom is 0.287 e. The van der Waals surface area contributed by atoms with Crippen LogP contribution in [0.4, 0.5) is 0 Å². The van der Waals surface area contributed by atoms with E-state index in [1.54, 1.807) is 17.8 Å². The van der Waals surface area contributed by atoms with Crippen LogP contribution in [-0.4, -0.2) is 58.7 Å². The van der Waals surface area contributed by atoms with E-state index in [9.17, 15) is 4.79 Å². The highest BCUT2D eigenvalue weighted by atomic mass is 127. The van der Waals surface area contributed by atoms with Crippen LogP contribution in [0.1, 0.15) is 28.4 Å². The number of hydrogen-bond acceptors (Lipinski definition) is 5. The number of guanidine groups is 1. The lowest BCUT2D eigenvalue weighted by Crippen LogP contribution is -2.40. The molecule has 2 rings (SSSR count). The molecule has 0 unspecified atom stereocenters. The van der Waals surface area contributed by atoms with Gasteiger partial charge in [0.15, 0.2) is 11.7 Å². The average Bonchev–Trinajstić information content (AvgIpc) is 3.19. The van der Waals surface area contributed by atoms with Crippen LogP contribution in [0, 0.1) is 6.92 Å². The minimum atomic E-state index is -0.189. The summed E-state index contributed by atoms with van der Waals surface area (Å²) in [4.78, 5) is 22.4. The summed E-state index contributed by atoms with van der Waals surface area (Å²) in [5.74, 6) is 1.79. The third-order valence-corrected chi connectivity index (χ3v) is 3.75. The number of nitrogens with one attached hydrogen (secondary N) is 2. The summed E-state index contributed by atoms with van der Waals surface area (Å²) in [6.45, 7) is 3.69. The third kappa shape index (κ3) is 6.00. The van der Waals surface area contributed by atoms with Gasteiger partial charge in [0.2, 0.25) is 0 Å². The lowest BCUT2D eigenvalue weighted by Gasteiger charge is -2.21. The molecule has 0 spiro atoms. The molecule has 2 aromatic heterocycles. The standard InChI is InChI=1S/C16H25N7O2.HI/c1-12-6-9-25-14(12)15(24)18-7-5-8-19-16(17-2)22(3)10-13-20-11-21-23(13)4;/h6,9,11H,5,7-8,10H2,1-4H3,(H,17,19)(H,18,24);1H. The first-order valence-electron chi connectivity index (χ1n) is 8.10. The first-order chi connectivity index (χ1) is 12.0. The Morgan fingerprint density at radius 3 is 2.69 bits per heavy atom. The highest BCUT2D eigenvalue weighted by Crippen LogP contribution is 2.07. The van der Waals surface area contributed by atoms with Crippen LogP contribution in [-0.2, 0) is 13.6 Å². The number of nitrogens with zero attached hydrogens (tertiary/aromatic N) is 5. The van der Waals surface area contributed by atoms with Gasteiger partial charge >= 0.3 is 0 Å². The summed E-state index contributed by atoms with van der Waals surface area (Å²) in [5, 5.41) is 10.2. The van der Waals surface area contributed by atoms with E-state index in [1.807, 2.05) is 25.9 Å². The van der Waals surface area contributed by atoms with Gasteiger partial charge in [-0.3, -0.25) is 14.5 Å². The van der Waals surface area contributed by atoms with Gasteiger partial charge in [-0.1, -0.05) is 0 Å². The van der Waals surface area contributed by atoms with Gasteiger partial charge in [-0.2, -0.15) is 5.10 Å². The average molecular weight is 475 g/mol. The molecule has 0 radical (unpaired) electrons. The number of furan rings is 1. The molecule has 1 amide bonds. The lowest BCUT2D eigenvalue weighted by molar-refractivity contribution is 0.0925. The Hall–Kier alpha value is -2.11. The molecule has 0 bridgehead atoms. The molecule has 144 valence electrons. The van der Waals surface area contributed by atoms with Gasteiger partial charge < -0.3 is 20.0 Å². The number of aromatic nitrogens is 3. The minimum absolute atomic E-state index is 0. The second-order valence-corrected chi connectivity index (χ2v) is 5.67. The zero-order valence-corrected chi connectivity index (χ0v) is 17.9. The summed E-state index contributed by atoms with van der Waals surface area (Å²) < 4.78 is 6.90. The molecule has 0 aliphatic rings. The van der Waals surface area contributed by atoms with Gasteiger partial charge in [0.25, 0.3) is 5.91 Å². The minimum Gasteiger partial charge on any atom is -0.459 e. The third-order valence-electron chi connectivity index (χ3n) is 3.75. The van der Waals surface area contributed by atoms with Crippen molar-refractivity contribution in [1.82, 2.24) is 30.3 Å². The number of carbonyl (C=O) groups is 1. The summed E-state index contributed by atoms with van der Waals surface area (Å²) >= 11 is 0. The normalized spacial score (nSPS) is 11.0. The van der Waals surface area contributed by atoms with Crippen LogP contribution < -0.4 is 10.6 Å². The van der Waals surface area contributed by atoms with Crippen molar-refractivity contribution in [2.75, 3.05) is 27.2 Å². The number of rotatable bonds is 7. The molecule has 0 aromatic carbocycles. The van der Waals surface area contributed by atoms with Gasteiger partial charge in [-0.15, -0.1) is 24.0 Å². The molecule has 0 aliphatic heterocycles. The maximum atomic E-state index is 11.9. The van der Waals surface area contributed by atoms with Crippen molar-refractivity contribution < 1.29 is 9.21 Å². The molecule has 9 nitrogen and oxygen atoms in total. The first kappa shape index (κ1) is 21.9.